The van der Waals surface area contributed by atoms with E-state index >= 15 is 0 Å². The minimum Gasteiger partial charge on any atom is -0.321 e. The third-order valence-electron chi connectivity index (χ3n) is 5.49. The molecule has 1 amide bonds. The summed E-state index contributed by atoms with van der Waals surface area (Å²) in [5.74, 6) is -0.400. The summed E-state index contributed by atoms with van der Waals surface area (Å²) in [6.45, 7) is 0. The van der Waals surface area contributed by atoms with Crippen LogP contribution < -0.4 is 10.0 Å². The molecule has 6 heteroatoms. The van der Waals surface area contributed by atoms with Gasteiger partial charge in [0.25, 0.3) is 15.9 Å². The molecule has 0 aromatic heterocycles. The van der Waals surface area contributed by atoms with Crippen LogP contribution in [0.2, 0.25) is 0 Å². The largest absolute Gasteiger partial charge is 0.321 e. The van der Waals surface area contributed by atoms with Crippen LogP contribution in [0.3, 0.4) is 0 Å². The van der Waals surface area contributed by atoms with Gasteiger partial charge >= 0.3 is 0 Å². The Morgan fingerprint density at radius 1 is 0.606 bits per heavy atom. The Morgan fingerprint density at radius 2 is 1.24 bits per heavy atom. The van der Waals surface area contributed by atoms with Crippen molar-refractivity contribution in [3.63, 3.8) is 0 Å². The second-order valence-corrected chi connectivity index (χ2v) is 9.32. The van der Waals surface area contributed by atoms with Crippen molar-refractivity contribution >= 4 is 48.9 Å². The van der Waals surface area contributed by atoms with Crippen LogP contribution in [0.4, 0.5) is 11.4 Å². The van der Waals surface area contributed by atoms with Gasteiger partial charge < -0.3 is 5.32 Å². The average molecular weight is 453 g/mol. The zero-order valence-corrected chi connectivity index (χ0v) is 18.3. The molecule has 0 aliphatic carbocycles. The van der Waals surface area contributed by atoms with Gasteiger partial charge in [-0.2, -0.15) is 0 Å². The molecule has 5 rings (SSSR count). The van der Waals surface area contributed by atoms with E-state index in [0.717, 1.165) is 21.5 Å². The Bertz CT molecular complexity index is 1610. The molecule has 0 aliphatic heterocycles. The highest BCUT2D eigenvalue weighted by atomic mass is 32.2. The average Bonchev–Trinajstić information content (AvgIpc) is 2.84. The summed E-state index contributed by atoms with van der Waals surface area (Å²) in [7, 11) is -3.90. The number of carbonyl (C=O) groups excluding carboxylic acids is 1. The van der Waals surface area contributed by atoms with Crippen molar-refractivity contribution in [1.82, 2.24) is 0 Å². The topological polar surface area (TPSA) is 75.3 Å². The predicted molar refractivity (Wildman–Crippen MR) is 133 cm³/mol. The lowest BCUT2D eigenvalue weighted by molar-refractivity contribution is 0.102. The fourth-order valence-corrected chi connectivity index (χ4v) is 4.95. The molecule has 0 aliphatic rings. The lowest BCUT2D eigenvalue weighted by atomic mass is 10.1. The van der Waals surface area contributed by atoms with Crippen LogP contribution in [0.25, 0.3) is 21.5 Å². The molecule has 2 N–H and O–H groups in total. The highest BCUT2D eigenvalue weighted by molar-refractivity contribution is 7.92. The fraction of sp³-hybridized carbons (Fsp3) is 0. The summed E-state index contributed by atoms with van der Waals surface area (Å²) in [4.78, 5) is 13.3. The number of carbonyl (C=O) groups is 1. The van der Waals surface area contributed by atoms with Crippen LogP contribution in [0.1, 0.15) is 10.4 Å². The van der Waals surface area contributed by atoms with Crippen molar-refractivity contribution in [2.24, 2.45) is 0 Å². The van der Waals surface area contributed by atoms with Gasteiger partial charge in [0.1, 0.15) is 0 Å². The molecule has 0 unspecified atom stereocenters. The first-order valence-corrected chi connectivity index (χ1v) is 11.9. The quantitative estimate of drug-likeness (QED) is 0.341. The van der Waals surface area contributed by atoms with Crippen molar-refractivity contribution in [2.45, 2.75) is 4.90 Å². The first-order valence-electron chi connectivity index (χ1n) is 10.4. The van der Waals surface area contributed by atoms with Crippen molar-refractivity contribution in [3.8, 4) is 0 Å². The normalized spacial score (nSPS) is 11.4. The number of anilines is 2. The second-order valence-electron chi connectivity index (χ2n) is 7.64. The summed E-state index contributed by atoms with van der Waals surface area (Å²) in [5.41, 5.74) is 1.10. The number of rotatable bonds is 5. The van der Waals surface area contributed by atoms with E-state index < -0.39 is 15.9 Å². The van der Waals surface area contributed by atoms with Crippen LogP contribution in [0, 0.1) is 0 Å². The third-order valence-corrected chi connectivity index (χ3v) is 6.85. The predicted octanol–water partition coefficient (Wildman–Crippen LogP) is 6.05. The van der Waals surface area contributed by atoms with E-state index in [1.54, 1.807) is 42.5 Å². The summed E-state index contributed by atoms with van der Waals surface area (Å²) in [5, 5.41) is 6.60. The van der Waals surface area contributed by atoms with Gasteiger partial charge in [0, 0.05) is 11.1 Å². The number of sulfonamides is 1. The zero-order valence-electron chi connectivity index (χ0n) is 17.5. The molecular formula is C27H20N2O3S. The summed E-state index contributed by atoms with van der Waals surface area (Å²) in [6.07, 6.45) is 0. The standard InChI is InChI=1S/C27H20N2O3S/c30-27(28-25-15-7-11-20-9-3-4-12-23(20)25)24-13-5-6-14-26(24)29-33(31,32)22-17-16-19-8-1-2-10-21(19)18-22/h1-18,29H,(H,28,30). The zero-order chi connectivity index (χ0) is 22.8. The number of nitrogens with one attached hydrogen (secondary N) is 2. The van der Waals surface area contributed by atoms with Crippen molar-refractivity contribution in [3.05, 3.63) is 115 Å². The van der Waals surface area contributed by atoms with Gasteiger partial charge in [-0.05, 0) is 46.5 Å². The van der Waals surface area contributed by atoms with Gasteiger partial charge in [0.2, 0.25) is 0 Å². The summed E-state index contributed by atoms with van der Waals surface area (Å²) in [6, 6.07) is 32.5. The highest BCUT2D eigenvalue weighted by Gasteiger charge is 2.19. The van der Waals surface area contributed by atoms with Crippen molar-refractivity contribution < 1.29 is 13.2 Å². The maximum atomic E-state index is 13.1. The number of fused-ring (bicyclic) bond motifs is 2. The van der Waals surface area contributed by atoms with Crippen LogP contribution in [0.15, 0.2) is 114 Å². The number of para-hydroxylation sites is 1. The molecule has 5 aromatic carbocycles. The number of hydrogen-bond acceptors (Lipinski definition) is 3. The van der Waals surface area contributed by atoms with Gasteiger partial charge in [-0.3, -0.25) is 9.52 Å². The van der Waals surface area contributed by atoms with Crippen molar-refractivity contribution in [2.75, 3.05) is 10.0 Å². The molecule has 0 saturated heterocycles. The molecule has 162 valence electrons. The molecular weight excluding hydrogens is 432 g/mol. The van der Waals surface area contributed by atoms with E-state index in [2.05, 4.69) is 10.0 Å². The van der Waals surface area contributed by atoms with Crippen LogP contribution in [-0.4, -0.2) is 14.3 Å². The molecule has 5 aromatic rings. The van der Waals surface area contributed by atoms with E-state index in [1.165, 1.54) is 0 Å². The van der Waals surface area contributed by atoms with Gasteiger partial charge in [-0.25, -0.2) is 8.42 Å². The number of hydrogen-bond donors (Lipinski definition) is 2. The van der Waals surface area contributed by atoms with Crippen molar-refractivity contribution in [1.29, 1.82) is 0 Å². The Balaban J connectivity index is 1.46. The molecule has 0 heterocycles. The Labute approximate surface area is 191 Å². The lowest BCUT2D eigenvalue weighted by Gasteiger charge is -2.14. The Hall–Kier alpha value is -4.16. The minimum absolute atomic E-state index is 0.130. The minimum atomic E-state index is -3.90. The molecule has 0 spiro atoms. The molecule has 0 saturated carbocycles. The van der Waals surface area contributed by atoms with Gasteiger partial charge in [-0.1, -0.05) is 78.9 Å². The molecule has 5 nitrogen and oxygen atoms in total. The van der Waals surface area contributed by atoms with Crippen LogP contribution >= 0.6 is 0 Å². The first-order chi connectivity index (χ1) is 16.0. The monoisotopic (exact) mass is 452 g/mol. The van der Waals surface area contributed by atoms with Gasteiger partial charge in [0.05, 0.1) is 16.1 Å². The van der Waals surface area contributed by atoms with Crippen LogP contribution in [0.5, 0.6) is 0 Å². The van der Waals surface area contributed by atoms with E-state index in [-0.39, 0.29) is 16.1 Å². The maximum absolute atomic E-state index is 13.1. The van der Waals surface area contributed by atoms with E-state index in [0.29, 0.717) is 5.69 Å². The third kappa shape index (κ3) is 4.16. The highest BCUT2D eigenvalue weighted by Crippen LogP contribution is 2.26. The summed E-state index contributed by atoms with van der Waals surface area (Å²) < 4.78 is 28.8. The molecule has 0 fully saturated rings. The first kappa shape index (κ1) is 20.7. The molecule has 0 bridgehead atoms. The second kappa shape index (κ2) is 8.41. The summed E-state index contributed by atoms with van der Waals surface area (Å²) >= 11 is 0. The van der Waals surface area contributed by atoms with Gasteiger partial charge in [0.15, 0.2) is 0 Å². The molecule has 0 atom stereocenters. The SMILES string of the molecule is O=C(Nc1cccc2ccccc12)c1ccccc1NS(=O)(=O)c1ccc2ccccc2c1. The Kier molecular flexibility index (Phi) is 5.28. The smallest absolute Gasteiger partial charge is 0.261 e. The maximum Gasteiger partial charge on any atom is 0.261 e. The fourth-order valence-electron chi connectivity index (χ4n) is 3.83. The van der Waals surface area contributed by atoms with Crippen LogP contribution in [-0.2, 0) is 10.0 Å². The van der Waals surface area contributed by atoms with Gasteiger partial charge in [-0.15, -0.1) is 0 Å². The molecule has 0 radical (unpaired) electrons. The lowest BCUT2D eigenvalue weighted by Crippen LogP contribution is -2.18. The van der Waals surface area contributed by atoms with E-state index in [1.807, 2.05) is 66.7 Å². The number of amides is 1. The van der Waals surface area contributed by atoms with E-state index in [9.17, 15) is 13.2 Å². The number of benzene rings is 5. The molecule has 33 heavy (non-hydrogen) atoms. The van der Waals surface area contributed by atoms with E-state index in [4.69, 9.17) is 0 Å². The Morgan fingerprint density at radius 3 is 2.09 bits per heavy atom.